The normalized spacial score (nSPS) is 26.6. The minimum absolute atomic E-state index is 0. The predicted molar refractivity (Wildman–Crippen MR) is 71.1 cm³/mol. The molecule has 6 heteroatoms. The molecule has 1 aliphatic heterocycles. The third-order valence-corrected chi connectivity index (χ3v) is 3.56. The van der Waals surface area contributed by atoms with Gasteiger partial charge in [-0.15, -0.1) is 12.4 Å². The van der Waals surface area contributed by atoms with Crippen molar-refractivity contribution in [2.45, 2.75) is 31.4 Å². The smallest absolute Gasteiger partial charge is 0.236 e. The van der Waals surface area contributed by atoms with Crippen LogP contribution in [0.3, 0.4) is 0 Å². The van der Waals surface area contributed by atoms with Crippen LogP contribution in [0.4, 0.5) is 0 Å². The predicted octanol–water partition coefficient (Wildman–Crippen LogP) is 0.424. The van der Waals surface area contributed by atoms with Gasteiger partial charge >= 0.3 is 0 Å². The number of morpholine rings is 1. The lowest BCUT2D eigenvalue weighted by molar-refractivity contribution is -0.143. The summed E-state index contributed by atoms with van der Waals surface area (Å²) in [6, 6.07) is 0.320. The van der Waals surface area contributed by atoms with Crippen LogP contribution in [-0.2, 0) is 14.3 Å². The van der Waals surface area contributed by atoms with E-state index in [2.05, 4.69) is 5.32 Å². The van der Waals surface area contributed by atoms with Crippen LogP contribution in [0.15, 0.2) is 0 Å². The van der Waals surface area contributed by atoms with Crippen molar-refractivity contribution < 1.29 is 14.3 Å². The maximum atomic E-state index is 12.1. The van der Waals surface area contributed by atoms with Gasteiger partial charge in [0.15, 0.2) is 0 Å². The molecule has 2 atom stereocenters. The molecule has 0 aromatic heterocycles. The summed E-state index contributed by atoms with van der Waals surface area (Å²) >= 11 is 0. The van der Waals surface area contributed by atoms with Crippen LogP contribution >= 0.6 is 12.4 Å². The molecule has 0 aromatic rings. The number of fused-ring (bicyclic) bond motifs is 1. The van der Waals surface area contributed by atoms with E-state index in [1.54, 1.807) is 7.11 Å². The fourth-order valence-electron chi connectivity index (χ4n) is 2.71. The highest BCUT2D eigenvalue weighted by atomic mass is 35.5. The molecule has 5 nitrogen and oxygen atoms in total. The monoisotopic (exact) mass is 278 g/mol. The molecule has 18 heavy (non-hydrogen) atoms. The van der Waals surface area contributed by atoms with Gasteiger partial charge in [-0.2, -0.15) is 0 Å². The molecule has 2 fully saturated rings. The van der Waals surface area contributed by atoms with Gasteiger partial charge < -0.3 is 19.7 Å². The molecule has 1 aliphatic carbocycles. The van der Waals surface area contributed by atoms with Crippen molar-refractivity contribution >= 4 is 18.3 Å². The molecule has 0 spiro atoms. The van der Waals surface area contributed by atoms with Crippen LogP contribution < -0.4 is 5.32 Å². The van der Waals surface area contributed by atoms with Gasteiger partial charge in [0.25, 0.3) is 0 Å². The summed E-state index contributed by atoms with van der Waals surface area (Å²) in [7, 11) is 1.66. The van der Waals surface area contributed by atoms with Crippen LogP contribution in [0.1, 0.15) is 19.3 Å². The summed E-state index contributed by atoms with van der Waals surface area (Å²) in [6.07, 6.45) is 3.66. The standard InChI is InChI=1S/C12H22N2O3.ClH/c1-16-7-5-13-9-12(15)14-6-8-17-11-4-2-3-10(11)14;/h10-11,13H,2-9H2,1H3;1H. The van der Waals surface area contributed by atoms with E-state index in [1.165, 1.54) is 6.42 Å². The van der Waals surface area contributed by atoms with Crippen molar-refractivity contribution in [2.24, 2.45) is 0 Å². The maximum absolute atomic E-state index is 12.1. The van der Waals surface area contributed by atoms with Crippen LogP contribution in [0.25, 0.3) is 0 Å². The van der Waals surface area contributed by atoms with Gasteiger partial charge in [0.1, 0.15) is 0 Å². The van der Waals surface area contributed by atoms with E-state index in [0.717, 1.165) is 25.9 Å². The zero-order valence-electron chi connectivity index (χ0n) is 10.9. The number of carbonyl (C=O) groups is 1. The van der Waals surface area contributed by atoms with Gasteiger partial charge in [-0.05, 0) is 19.3 Å². The number of nitrogens with zero attached hydrogens (tertiary/aromatic N) is 1. The molecule has 106 valence electrons. The first-order valence-corrected chi connectivity index (χ1v) is 6.43. The largest absolute Gasteiger partial charge is 0.383 e. The zero-order valence-corrected chi connectivity index (χ0v) is 11.7. The van der Waals surface area contributed by atoms with Crippen LogP contribution in [0.5, 0.6) is 0 Å². The second kappa shape index (κ2) is 7.94. The van der Waals surface area contributed by atoms with Crippen molar-refractivity contribution in [2.75, 3.05) is 40.0 Å². The fourth-order valence-corrected chi connectivity index (χ4v) is 2.71. The summed E-state index contributed by atoms with van der Waals surface area (Å²) in [6.45, 7) is 3.20. The highest BCUT2D eigenvalue weighted by Gasteiger charge is 2.37. The molecule has 0 radical (unpaired) electrons. The lowest BCUT2D eigenvalue weighted by Gasteiger charge is -2.37. The number of ether oxygens (including phenoxy) is 2. The van der Waals surface area contributed by atoms with E-state index in [1.807, 2.05) is 4.90 Å². The van der Waals surface area contributed by atoms with Crippen molar-refractivity contribution in [3.8, 4) is 0 Å². The van der Waals surface area contributed by atoms with Crippen LogP contribution in [0, 0.1) is 0 Å². The Hall–Kier alpha value is -0.360. The van der Waals surface area contributed by atoms with E-state index in [4.69, 9.17) is 9.47 Å². The summed E-state index contributed by atoms with van der Waals surface area (Å²) in [4.78, 5) is 14.1. The molecule has 2 aliphatic rings. The highest BCUT2D eigenvalue weighted by Crippen LogP contribution is 2.29. The molecule has 1 saturated heterocycles. The van der Waals surface area contributed by atoms with Crippen LogP contribution in [0.2, 0.25) is 0 Å². The lowest BCUT2D eigenvalue weighted by atomic mass is 10.1. The summed E-state index contributed by atoms with van der Waals surface area (Å²) < 4.78 is 10.6. The molecular weight excluding hydrogens is 256 g/mol. The zero-order chi connectivity index (χ0) is 12.1. The number of rotatable bonds is 5. The Morgan fingerprint density at radius 2 is 2.33 bits per heavy atom. The molecule has 2 rings (SSSR count). The quantitative estimate of drug-likeness (QED) is 0.741. The van der Waals surface area contributed by atoms with Crippen molar-refractivity contribution in [3.63, 3.8) is 0 Å². The first-order chi connectivity index (χ1) is 8.33. The number of amides is 1. The molecule has 1 N–H and O–H groups in total. The van der Waals surface area contributed by atoms with Crippen molar-refractivity contribution in [3.05, 3.63) is 0 Å². The second-order valence-corrected chi connectivity index (χ2v) is 4.66. The van der Waals surface area contributed by atoms with E-state index in [9.17, 15) is 4.79 Å². The Morgan fingerprint density at radius 3 is 3.11 bits per heavy atom. The van der Waals surface area contributed by atoms with Gasteiger partial charge in [0.2, 0.25) is 5.91 Å². The third kappa shape index (κ3) is 3.82. The Bertz CT molecular complexity index is 266. The van der Waals surface area contributed by atoms with Crippen molar-refractivity contribution in [1.82, 2.24) is 10.2 Å². The number of carbonyl (C=O) groups excluding carboxylic acids is 1. The highest BCUT2D eigenvalue weighted by molar-refractivity contribution is 5.85. The lowest BCUT2D eigenvalue weighted by Crippen LogP contribution is -2.53. The average molecular weight is 279 g/mol. The minimum Gasteiger partial charge on any atom is -0.383 e. The van der Waals surface area contributed by atoms with Crippen LogP contribution in [-0.4, -0.2) is 62.9 Å². The number of halogens is 1. The van der Waals surface area contributed by atoms with E-state index < -0.39 is 0 Å². The van der Waals surface area contributed by atoms with Gasteiger partial charge in [0.05, 0.1) is 31.9 Å². The molecular formula is C12H23ClN2O3. The first kappa shape index (κ1) is 15.7. The SMILES string of the molecule is COCCNCC(=O)N1CCOC2CCCC21.Cl. The third-order valence-electron chi connectivity index (χ3n) is 3.56. The molecule has 1 amide bonds. The first-order valence-electron chi connectivity index (χ1n) is 6.43. The number of nitrogens with one attached hydrogen (secondary N) is 1. The second-order valence-electron chi connectivity index (χ2n) is 4.66. The number of methoxy groups -OCH3 is 1. The average Bonchev–Trinajstić information content (AvgIpc) is 2.82. The molecule has 1 heterocycles. The van der Waals surface area contributed by atoms with Crippen molar-refractivity contribution in [1.29, 1.82) is 0 Å². The maximum Gasteiger partial charge on any atom is 0.236 e. The Labute approximate surface area is 115 Å². The van der Waals surface area contributed by atoms with E-state index in [0.29, 0.717) is 25.8 Å². The number of hydrogen-bond donors (Lipinski definition) is 1. The summed E-state index contributed by atoms with van der Waals surface area (Å²) in [5.41, 5.74) is 0. The minimum atomic E-state index is 0. The Kier molecular flexibility index (Phi) is 6.92. The fraction of sp³-hybridized carbons (Fsp3) is 0.917. The van der Waals surface area contributed by atoms with E-state index in [-0.39, 0.29) is 24.4 Å². The van der Waals surface area contributed by atoms with Gasteiger partial charge in [0, 0.05) is 20.2 Å². The Balaban J connectivity index is 0.00000162. The van der Waals surface area contributed by atoms with Gasteiger partial charge in [-0.25, -0.2) is 0 Å². The molecule has 0 bridgehead atoms. The number of hydrogen-bond acceptors (Lipinski definition) is 4. The summed E-state index contributed by atoms with van der Waals surface area (Å²) in [5, 5.41) is 3.11. The van der Waals surface area contributed by atoms with E-state index >= 15 is 0 Å². The Morgan fingerprint density at radius 1 is 1.50 bits per heavy atom. The topological polar surface area (TPSA) is 50.8 Å². The molecule has 2 unspecified atom stereocenters. The molecule has 0 aromatic carbocycles. The van der Waals surface area contributed by atoms with Gasteiger partial charge in [-0.1, -0.05) is 0 Å². The molecule has 1 saturated carbocycles. The van der Waals surface area contributed by atoms with Gasteiger partial charge in [-0.3, -0.25) is 4.79 Å². The summed E-state index contributed by atoms with van der Waals surface area (Å²) in [5.74, 6) is 0.196.